The highest BCUT2D eigenvalue weighted by Crippen LogP contribution is 2.31. The predicted octanol–water partition coefficient (Wildman–Crippen LogP) is 2.88. The third-order valence-corrected chi connectivity index (χ3v) is 4.52. The number of piperidine rings is 1. The van der Waals surface area contributed by atoms with Gasteiger partial charge in [-0.1, -0.05) is 0 Å². The molecule has 0 unspecified atom stereocenters. The maximum Gasteiger partial charge on any atom is 0.155 e. The Hall–Kier alpha value is -1.69. The number of hydrogen-bond donors (Lipinski definition) is 2. The second kappa shape index (κ2) is 5.44. The molecular weight excluding hydrogens is 288 g/mol. The molecule has 0 spiro atoms. The molecule has 0 aliphatic carbocycles. The van der Waals surface area contributed by atoms with Crippen LogP contribution in [0, 0.1) is 6.92 Å². The summed E-state index contributed by atoms with van der Waals surface area (Å²) in [6.07, 6.45) is 3.75. The fourth-order valence-electron chi connectivity index (χ4n) is 4.12. The molecule has 6 heteroatoms. The Morgan fingerprint density at radius 1 is 1.22 bits per heavy atom. The molecule has 0 aromatic carbocycles. The first kappa shape index (κ1) is 16.2. The topological polar surface area (TPSA) is 67.7 Å². The van der Waals surface area contributed by atoms with Crippen LogP contribution in [0.25, 0.3) is 11.0 Å². The SMILES string of the molecule is CCn1nc(C)c2ncnc(NC3CC(C)(C)NC(C)(C)C3)c21. The third kappa shape index (κ3) is 3.17. The smallest absolute Gasteiger partial charge is 0.155 e. The maximum absolute atomic E-state index is 4.58. The highest BCUT2D eigenvalue weighted by Gasteiger charge is 2.38. The number of anilines is 1. The van der Waals surface area contributed by atoms with Crippen molar-refractivity contribution in [2.24, 2.45) is 0 Å². The molecular formula is C17H28N6. The van der Waals surface area contributed by atoms with Crippen molar-refractivity contribution >= 4 is 16.9 Å². The van der Waals surface area contributed by atoms with E-state index < -0.39 is 0 Å². The quantitative estimate of drug-likeness (QED) is 0.911. The monoisotopic (exact) mass is 316 g/mol. The molecule has 1 aliphatic heterocycles. The third-order valence-electron chi connectivity index (χ3n) is 4.52. The molecule has 2 aromatic rings. The van der Waals surface area contributed by atoms with Crippen molar-refractivity contribution in [2.45, 2.75) is 78.0 Å². The van der Waals surface area contributed by atoms with E-state index >= 15 is 0 Å². The largest absolute Gasteiger partial charge is 0.365 e. The summed E-state index contributed by atoms with van der Waals surface area (Å²) in [5, 5.41) is 12.0. The van der Waals surface area contributed by atoms with Crippen LogP contribution in [-0.4, -0.2) is 36.9 Å². The van der Waals surface area contributed by atoms with Crippen molar-refractivity contribution in [2.75, 3.05) is 5.32 Å². The molecule has 3 rings (SSSR count). The van der Waals surface area contributed by atoms with E-state index in [4.69, 9.17) is 0 Å². The highest BCUT2D eigenvalue weighted by molar-refractivity contribution is 5.87. The maximum atomic E-state index is 4.58. The van der Waals surface area contributed by atoms with Gasteiger partial charge < -0.3 is 10.6 Å². The van der Waals surface area contributed by atoms with Crippen molar-refractivity contribution < 1.29 is 0 Å². The Bertz CT molecular complexity index is 699. The molecule has 0 saturated carbocycles. The van der Waals surface area contributed by atoms with E-state index in [0.29, 0.717) is 6.04 Å². The van der Waals surface area contributed by atoms with E-state index in [1.807, 2.05) is 11.6 Å². The number of nitrogens with one attached hydrogen (secondary N) is 2. The van der Waals surface area contributed by atoms with Crippen molar-refractivity contribution in [1.82, 2.24) is 25.1 Å². The summed E-state index contributed by atoms with van der Waals surface area (Å²) in [5.41, 5.74) is 3.12. The van der Waals surface area contributed by atoms with E-state index in [1.54, 1.807) is 6.33 Å². The van der Waals surface area contributed by atoms with Crippen LogP contribution in [0.3, 0.4) is 0 Å². The summed E-state index contributed by atoms with van der Waals surface area (Å²) in [6.45, 7) is 14.0. The summed E-state index contributed by atoms with van der Waals surface area (Å²) in [6, 6.07) is 0.375. The normalized spacial score (nSPS) is 20.8. The van der Waals surface area contributed by atoms with Gasteiger partial charge in [-0.2, -0.15) is 5.10 Å². The summed E-state index contributed by atoms with van der Waals surface area (Å²) in [7, 11) is 0. The van der Waals surface area contributed by atoms with Crippen LogP contribution in [0.15, 0.2) is 6.33 Å². The van der Waals surface area contributed by atoms with E-state index in [2.05, 4.69) is 60.3 Å². The number of aromatic nitrogens is 4. The molecule has 2 aromatic heterocycles. The first-order valence-electron chi connectivity index (χ1n) is 8.45. The molecule has 0 amide bonds. The lowest BCUT2D eigenvalue weighted by atomic mass is 9.79. The second-order valence-electron chi connectivity index (χ2n) is 7.96. The average Bonchev–Trinajstić information content (AvgIpc) is 2.73. The van der Waals surface area contributed by atoms with Gasteiger partial charge in [-0.15, -0.1) is 0 Å². The van der Waals surface area contributed by atoms with Gasteiger partial charge in [0.25, 0.3) is 0 Å². The van der Waals surface area contributed by atoms with Gasteiger partial charge in [0, 0.05) is 23.7 Å². The van der Waals surface area contributed by atoms with Crippen molar-refractivity contribution in [3.8, 4) is 0 Å². The fourth-order valence-corrected chi connectivity index (χ4v) is 4.12. The molecule has 0 atom stereocenters. The van der Waals surface area contributed by atoms with Crippen LogP contribution in [0.1, 0.15) is 53.2 Å². The number of nitrogens with zero attached hydrogens (tertiary/aromatic N) is 4. The molecule has 0 radical (unpaired) electrons. The van der Waals surface area contributed by atoms with Gasteiger partial charge in [0.2, 0.25) is 0 Å². The highest BCUT2D eigenvalue weighted by atomic mass is 15.3. The molecule has 1 saturated heterocycles. The van der Waals surface area contributed by atoms with Gasteiger partial charge in [-0.3, -0.25) is 4.68 Å². The lowest BCUT2D eigenvalue weighted by Gasteiger charge is -2.46. The van der Waals surface area contributed by atoms with Gasteiger partial charge in [-0.05, 0) is 54.4 Å². The Morgan fingerprint density at radius 3 is 2.48 bits per heavy atom. The first-order valence-corrected chi connectivity index (χ1v) is 8.45. The molecule has 6 nitrogen and oxygen atoms in total. The standard InChI is InChI=1S/C17H28N6/c1-7-23-14-13(11(2)21-23)18-10-19-15(14)20-12-8-16(3,4)22-17(5,6)9-12/h10,12,22H,7-9H2,1-6H3,(H,18,19,20). The van der Waals surface area contributed by atoms with Crippen LogP contribution in [0.5, 0.6) is 0 Å². The van der Waals surface area contributed by atoms with Crippen LogP contribution < -0.4 is 10.6 Å². The van der Waals surface area contributed by atoms with Crippen molar-refractivity contribution in [3.05, 3.63) is 12.0 Å². The Balaban J connectivity index is 1.95. The zero-order chi connectivity index (χ0) is 16.8. The van der Waals surface area contributed by atoms with Crippen molar-refractivity contribution in [1.29, 1.82) is 0 Å². The number of fused-ring (bicyclic) bond motifs is 1. The van der Waals surface area contributed by atoms with Gasteiger partial charge in [0.15, 0.2) is 5.82 Å². The lowest BCUT2D eigenvalue weighted by Crippen LogP contribution is -2.60. The minimum Gasteiger partial charge on any atom is -0.365 e. The molecule has 0 bridgehead atoms. The Kier molecular flexibility index (Phi) is 3.83. The van der Waals surface area contributed by atoms with Gasteiger partial charge in [-0.25, -0.2) is 9.97 Å². The van der Waals surface area contributed by atoms with E-state index in [1.165, 1.54) is 0 Å². The van der Waals surface area contributed by atoms with Gasteiger partial charge in [0.05, 0.1) is 5.69 Å². The Morgan fingerprint density at radius 2 is 1.87 bits per heavy atom. The average molecular weight is 316 g/mol. The van der Waals surface area contributed by atoms with E-state index in [0.717, 1.165) is 41.9 Å². The summed E-state index contributed by atoms with van der Waals surface area (Å²) in [5.74, 6) is 0.899. The molecule has 1 fully saturated rings. The zero-order valence-corrected chi connectivity index (χ0v) is 15.1. The first-order chi connectivity index (χ1) is 10.7. The molecule has 3 heterocycles. The van der Waals surface area contributed by atoms with Gasteiger partial charge >= 0.3 is 0 Å². The van der Waals surface area contributed by atoms with E-state index in [9.17, 15) is 0 Å². The minimum absolute atomic E-state index is 0.104. The summed E-state index contributed by atoms with van der Waals surface area (Å²) in [4.78, 5) is 8.93. The fraction of sp³-hybridized carbons (Fsp3) is 0.706. The zero-order valence-electron chi connectivity index (χ0n) is 15.1. The molecule has 23 heavy (non-hydrogen) atoms. The number of rotatable bonds is 3. The number of hydrogen-bond acceptors (Lipinski definition) is 5. The lowest BCUT2D eigenvalue weighted by molar-refractivity contribution is 0.170. The predicted molar refractivity (Wildman–Crippen MR) is 93.7 cm³/mol. The minimum atomic E-state index is 0.104. The van der Waals surface area contributed by atoms with Crippen LogP contribution in [0.2, 0.25) is 0 Å². The molecule has 2 N–H and O–H groups in total. The van der Waals surface area contributed by atoms with Gasteiger partial charge in [0.1, 0.15) is 17.4 Å². The van der Waals surface area contributed by atoms with Crippen LogP contribution in [0.4, 0.5) is 5.82 Å². The second-order valence-corrected chi connectivity index (χ2v) is 7.96. The number of aryl methyl sites for hydroxylation is 2. The summed E-state index contributed by atoms with van der Waals surface area (Å²) < 4.78 is 1.99. The van der Waals surface area contributed by atoms with Crippen LogP contribution >= 0.6 is 0 Å². The van der Waals surface area contributed by atoms with Crippen LogP contribution in [-0.2, 0) is 6.54 Å². The molecule has 126 valence electrons. The van der Waals surface area contributed by atoms with Crippen molar-refractivity contribution in [3.63, 3.8) is 0 Å². The van der Waals surface area contributed by atoms with E-state index in [-0.39, 0.29) is 11.1 Å². The Labute approximate surface area is 138 Å². The molecule has 1 aliphatic rings. The summed E-state index contributed by atoms with van der Waals surface area (Å²) >= 11 is 0.